The highest BCUT2D eigenvalue weighted by atomic mass is 79.9. The highest BCUT2D eigenvalue weighted by molar-refractivity contribution is 5.82. The van der Waals surface area contributed by atoms with Crippen LogP contribution in [0.15, 0.2) is 48.5 Å². The zero-order chi connectivity index (χ0) is 21.1. The molecule has 168 valence electrons. The van der Waals surface area contributed by atoms with E-state index in [0.717, 1.165) is 6.54 Å². The Hall–Kier alpha value is -1.89. The van der Waals surface area contributed by atoms with Crippen LogP contribution >= 0.6 is 0 Å². The molecule has 5 nitrogen and oxygen atoms in total. The molecule has 2 aromatic rings. The summed E-state index contributed by atoms with van der Waals surface area (Å²) in [6.07, 6.45) is 5.17. The Balaban J connectivity index is 0.000000176. The maximum absolute atomic E-state index is 11.3. The molecule has 6 heteroatoms. The van der Waals surface area contributed by atoms with E-state index in [1.165, 1.54) is 49.8 Å². The molecular formula is C25H31BrNO4-. The van der Waals surface area contributed by atoms with Crippen molar-refractivity contribution in [2.24, 2.45) is 5.92 Å². The van der Waals surface area contributed by atoms with Gasteiger partial charge in [-0.1, -0.05) is 49.7 Å². The number of quaternary nitrogens is 1. The molecule has 1 unspecified atom stereocenters. The quantitative estimate of drug-likeness (QED) is 0.618. The number of carbonyl (C=O) groups is 1. The van der Waals surface area contributed by atoms with Crippen LogP contribution in [0.5, 0.6) is 11.5 Å². The number of halogens is 1. The van der Waals surface area contributed by atoms with Crippen molar-refractivity contribution in [3.63, 3.8) is 0 Å². The second kappa shape index (κ2) is 10.2. The average molecular weight is 489 g/mol. The van der Waals surface area contributed by atoms with E-state index in [2.05, 4.69) is 6.92 Å². The number of carbonyl (C=O) groups excluding carboxylic acids is 1. The lowest BCUT2D eigenvalue weighted by molar-refractivity contribution is -0.946. The molecule has 6 rings (SSSR count). The SMILES string of the molecule is CCCC[N+]12CCC(CC1)C(O)C2.O=C([O-])C1c2ccccc2Oc2ccccc21.[Br-]. The van der Waals surface area contributed by atoms with Crippen LogP contribution in [0.3, 0.4) is 0 Å². The third-order valence-electron chi connectivity index (χ3n) is 6.97. The van der Waals surface area contributed by atoms with Crippen LogP contribution in [0.25, 0.3) is 0 Å². The van der Waals surface area contributed by atoms with Gasteiger partial charge in [-0.3, -0.25) is 0 Å². The maximum atomic E-state index is 11.3. The standard InChI is InChI=1S/C14H10O3.C11H22NO.BrH/c15-14(16)13-9-5-1-3-7-11(9)17-12-8-4-2-6-10(12)13;1-2-3-6-12-7-4-10(5-8-12)11(13)9-12;/h1-8,13H,(H,15,16);10-11,13H,2-9H2,1H3;1H/q;+1;/p-2. The third-order valence-corrected chi connectivity index (χ3v) is 6.97. The number of aliphatic carboxylic acids is 1. The largest absolute Gasteiger partial charge is 1.00 e. The number of aliphatic hydroxyl groups is 1. The molecule has 4 aliphatic rings. The molecule has 0 aliphatic carbocycles. The van der Waals surface area contributed by atoms with Gasteiger partial charge in [0.2, 0.25) is 0 Å². The predicted molar refractivity (Wildman–Crippen MR) is 113 cm³/mol. The number of rotatable bonds is 4. The molecule has 3 saturated heterocycles. The lowest BCUT2D eigenvalue weighted by Crippen LogP contribution is -3.00. The second-order valence-corrected chi connectivity index (χ2v) is 8.88. The fourth-order valence-electron chi connectivity index (χ4n) is 5.22. The molecule has 4 aliphatic heterocycles. The molecule has 0 aromatic heterocycles. The van der Waals surface area contributed by atoms with Crippen molar-refractivity contribution in [2.75, 3.05) is 26.2 Å². The molecule has 2 aromatic carbocycles. The first-order chi connectivity index (χ1) is 14.5. The Bertz CT molecular complexity index is 849. The topological polar surface area (TPSA) is 69.6 Å². The van der Waals surface area contributed by atoms with E-state index in [-0.39, 0.29) is 23.1 Å². The number of para-hydroxylation sites is 2. The number of piperidine rings is 3. The Morgan fingerprint density at radius 1 is 1.06 bits per heavy atom. The van der Waals surface area contributed by atoms with E-state index < -0.39 is 11.9 Å². The van der Waals surface area contributed by atoms with Crippen molar-refractivity contribution >= 4 is 5.97 Å². The van der Waals surface area contributed by atoms with Crippen LogP contribution in [-0.4, -0.2) is 47.8 Å². The van der Waals surface area contributed by atoms with Crippen molar-refractivity contribution < 1.29 is 41.2 Å². The van der Waals surface area contributed by atoms with E-state index in [1.807, 2.05) is 12.1 Å². The van der Waals surface area contributed by atoms with Crippen LogP contribution < -0.4 is 26.8 Å². The number of ether oxygens (including phenoxy) is 1. The monoisotopic (exact) mass is 488 g/mol. The van der Waals surface area contributed by atoms with Gasteiger partial charge >= 0.3 is 0 Å². The van der Waals surface area contributed by atoms with Crippen LogP contribution in [-0.2, 0) is 4.79 Å². The summed E-state index contributed by atoms with van der Waals surface area (Å²) in [5, 5.41) is 21.2. The first kappa shape index (κ1) is 23.8. The van der Waals surface area contributed by atoms with Crippen molar-refractivity contribution in [2.45, 2.75) is 44.6 Å². The number of nitrogens with zero attached hydrogens (tertiary/aromatic N) is 1. The highest BCUT2D eigenvalue weighted by Crippen LogP contribution is 2.43. The van der Waals surface area contributed by atoms with Gasteiger partial charge in [0, 0.05) is 29.9 Å². The number of hydrogen-bond acceptors (Lipinski definition) is 4. The van der Waals surface area contributed by atoms with Gasteiger partial charge in [0.25, 0.3) is 0 Å². The van der Waals surface area contributed by atoms with Gasteiger partial charge in [-0.15, -0.1) is 0 Å². The summed E-state index contributed by atoms with van der Waals surface area (Å²) in [4.78, 5) is 11.3. The molecule has 1 atom stereocenters. The average Bonchev–Trinajstić information content (AvgIpc) is 2.77. The van der Waals surface area contributed by atoms with Crippen LogP contribution in [0.2, 0.25) is 0 Å². The lowest BCUT2D eigenvalue weighted by atomic mass is 9.83. The van der Waals surface area contributed by atoms with E-state index in [1.54, 1.807) is 36.4 Å². The van der Waals surface area contributed by atoms with Gasteiger partial charge in [-0.05, 0) is 18.6 Å². The normalized spacial score (nSPS) is 25.7. The number of fused-ring (bicyclic) bond motifs is 5. The fraction of sp³-hybridized carbons (Fsp3) is 0.480. The van der Waals surface area contributed by atoms with Gasteiger partial charge in [0.05, 0.1) is 31.5 Å². The minimum atomic E-state index is -1.10. The Labute approximate surface area is 195 Å². The molecule has 2 bridgehead atoms. The van der Waals surface area contributed by atoms with Crippen molar-refractivity contribution in [3.8, 4) is 11.5 Å². The predicted octanol–water partition coefficient (Wildman–Crippen LogP) is 0.0659. The second-order valence-electron chi connectivity index (χ2n) is 8.88. The molecule has 0 radical (unpaired) electrons. The Morgan fingerprint density at radius 2 is 1.61 bits per heavy atom. The number of aliphatic hydroxyl groups excluding tert-OH is 1. The van der Waals surface area contributed by atoms with Crippen molar-refractivity contribution in [1.29, 1.82) is 0 Å². The Kier molecular flexibility index (Phi) is 7.78. The molecule has 31 heavy (non-hydrogen) atoms. The summed E-state index contributed by atoms with van der Waals surface area (Å²) in [6.45, 7) is 7.28. The van der Waals surface area contributed by atoms with Crippen LogP contribution in [0.4, 0.5) is 0 Å². The van der Waals surface area contributed by atoms with Gasteiger partial charge in [0.15, 0.2) is 0 Å². The molecule has 0 amide bonds. The molecule has 4 heterocycles. The summed E-state index contributed by atoms with van der Waals surface area (Å²) >= 11 is 0. The van der Waals surface area contributed by atoms with E-state index in [9.17, 15) is 15.0 Å². The zero-order valence-corrected chi connectivity index (χ0v) is 19.6. The summed E-state index contributed by atoms with van der Waals surface area (Å²) in [5.74, 6) is -0.0493. The van der Waals surface area contributed by atoms with Crippen LogP contribution in [0, 0.1) is 5.92 Å². The maximum Gasteiger partial charge on any atom is 0.131 e. The molecule has 0 spiro atoms. The number of carboxylic acids is 1. The van der Waals surface area contributed by atoms with Crippen molar-refractivity contribution in [1.82, 2.24) is 0 Å². The highest BCUT2D eigenvalue weighted by Gasteiger charge is 2.44. The van der Waals surface area contributed by atoms with E-state index in [4.69, 9.17) is 4.74 Å². The number of benzene rings is 2. The minimum Gasteiger partial charge on any atom is -1.00 e. The summed E-state index contributed by atoms with van der Waals surface area (Å²) in [7, 11) is 0. The number of hydrogen-bond donors (Lipinski definition) is 1. The zero-order valence-electron chi connectivity index (χ0n) is 18.0. The summed E-state index contributed by atoms with van der Waals surface area (Å²) in [5.41, 5.74) is 1.29. The first-order valence-corrected chi connectivity index (χ1v) is 11.1. The first-order valence-electron chi connectivity index (χ1n) is 11.1. The smallest absolute Gasteiger partial charge is 0.131 e. The third kappa shape index (κ3) is 4.97. The summed E-state index contributed by atoms with van der Waals surface area (Å²) in [6, 6.07) is 14.3. The van der Waals surface area contributed by atoms with Crippen molar-refractivity contribution in [3.05, 3.63) is 59.7 Å². The van der Waals surface area contributed by atoms with Gasteiger partial charge in [0.1, 0.15) is 24.1 Å². The van der Waals surface area contributed by atoms with Crippen LogP contribution in [0.1, 0.15) is 49.7 Å². The van der Waals surface area contributed by atoms with E-state index in [0.29, 0.717) is 28.5 Å². The molecule has 0 saturated carbocycles. The molecule has 1 N–H and O–H groups in total. The lowest BCUT2D eigenvalue weighted by Gasteiger charge is -2.51. The number of unbranched alkanes of at least 4 members (excludes halogenated alkanes) is 1. The molecular weight excluding hydrogens is 458 g/mol. The van der Waals surface area contributed by atoms with Gasteiger partial charge in [-0.25, -0.2) is 0 Å². The minimum absolute atomic E-state index is 0. The van der Waals surface area contributed by atoms with Gasteiger partial charge in [-0.2, -0.15) is 0 Å². The summed E-state index contributed by atoms with van der Waals surface area (Å²) < 4.78 is 6.89. The number of carboxylic acid groups (broad SMARTS) is 1. The molecule has 3 fully saturated rings. The Morgan fingerprint density at radius 3 is 2.10 bits per heavy atom. The fourth-order valence-corrected chi connectivity index (χ4v) is 5.22. The van der Waals surface area contributed by atoms with Gasteiger partial charge < -0.3 is 41.2 Å². The van der Waals surface area contributed by atoms with E-state index >= 15 is 0 Å².